The largest absolute Gasteiger partial charge is 0.376 e. The molecule has 0 unspecified atom stereocenters. The minimum absolute atomic E-state index is 0.0220. The Labute approximate surface area is 169 Å². The molecule has 0 aliphatic carbocycles. The molecule has 9 heteroatoms. The number of nitrogens with one attached hydrogen (secondary N) is 1. The molecule has 1 aromatic rings. The van der Waals surface area contributed by atoms with E-state index in [1.165, 1.54) is 4.31 Å². The summed E-state index contributed by atoms with van der Waals surface area (Å²) in [6.07, 6.45) is 1.85. The summed E-state index contributed by atoms with van der Waals surface area (Å²) in [6.45, 7) is 3.58. The Morgan fingerprint density at radius 2 is 1.96 bits per heavy atom. The predicted molar refractivity (Wildman–Crippen MR) is 107 cm³/mol. The number of piperazine rings is 1. The Kier molecular flexibility index (Phi) is 7.27. The predicted octanol–water partition coefficient (Wildman–Crippen LogP) is 1.31. The van der Waals surface area contributed by atoms with E-state index >= 15 is 0 Å². The van der Waals surface area contributed by atoms with Gasteiger partial charge in [0.25, 0.3) is 5.91 Å². The lowest BCUT2D eigenvalue weighted by Crippen LogP contribution is -2.49. The van der Waals surface area contributed by atoms with E-state index in [4.69, 9.17) is 4.74 Å². The molecule has 27 heavy (non-hydrogen) atoms. The zero-order valence-corrected chi connectivity index (χ0v) is 17.7. The third kappa shape index (κ3) is 5.74. The summed E-state index contributed by atoms with van der Waals surface area (Å²) in [5.74, 6) is -0.226. The van der Waals surface area contributed by atoms with Gasteiger partial charge < -0.3 is 15.0 Å². The number of hydrogen-bond acceptors (Lipinski definition) is 5. The highest BCUT2D eigenvalue weighted by molar-refractivity contribution is 9.10. The number of halogens is 1. The highest BCUT2D eigenvalue weighted by Crippen LogP contribution is 2.17. The molecule has 1 atom stereocenters. The summed E-state index contributed by atoms with van der Waals surface area (Å²) in [4.78, 5) is 14.6. The molecule has 0 aromatic heterocycles. The Morgan fingerprint density at radius 1 is 1.26 bits per heavy atom. The maximum Gasteiger partial charge on any atom is 0.253 e. The summed E-state index contributed by atoms with van der Waals surface area (Å²) < 4.78 is 33.4. The average molecular weight is 460 g/mol. The van der Waals surface area contributed by atoms with Crippen molar-refractivity contribution in [1.29, 1.82) is 0 Å². The molecule has 0 radical (unpaired) electrons. The molecule has 0 bridgehead atoms. The van der Waals surface area contributed by atoms with Crippen LogP contribution in [0.25, 0.3) is 0 Å². The second-order valence-electron chi connectivity index (χ2n) is 6.86. The molecule has 2 saturated heterocycles. The minimum Gasteiger partial charge on any atom is -0.376 e. The molecule has 150 valence electrons. The molecule has 2 heterocycles. The van der Waals surface area contributed by atoms with E-state index in [1.54, 1.807) is 17.0 Å². The Hall–Kier alpha value is -1.00. The van der Waals surface area contributed by atoms with Gasteiger partial charge in [0, 0.05) is 55.9 Å². The molecular formula is C18H26BrN3O4S. The first-order valence-corrected chi connectivity index (χ1v) is 11.7. The molecule has 2 aliphatic rings. The van der Waals surface area contributed by atoms with Crippen LogP contribution in [0.3, 0.4) is 0 Å². The number of benzene rings is 1. The van der Waals surface area contributed by atoms with Crippen LogP contribution in [-0.4, -0.2) is 81.3 Å². The lowest BCUT2D eigenvalue weighted by molar-refractivity contribution is 0.0540. The summed E-state index contributed by atoms with van der Waals surface area (Å²) in [5, 5.41) is 3.15. The first-order chi connectivity index (χ1) is 13.0. The number of carbonyl (C=O) groups excluding carboxylic acids is 1. The molecule has 7 nitrogen and oxygen atoms in total. The number of sulfonamides is 1. The van der Waals surface area contributed by atoms with Gasteiger partial charge in [-0.2, -0.15) is 4.31 Å². The fourth-order valence-electron chi connectivity index (χ4n) is 3.36. The lowest BCUT2D eigenvalue weighted by atomic mass is 10.1. The van der Waals surface area contributed by atoms with Crippen molar-refractivity contribution >= 4 is 31.9 Å². The number of rotatable bonds is 7. The van der Waals surface area contributed by atoms with Crippen LogP contribution in [0.4, 0.5) is 0 Å². The summed E-state index contributed by atoms with van der Waals surface area (Å²) in [6, 6.07) is 7.13. The molecule has 1 N–H and O–H groups in total. The van der Waals surface area contributed by atoms with Gasteiger partial charge in [-0.25, -0.2) is 8.42 Å². The maximum atomic E-state index is 13.0. The molecule has 0 spiro atoms. The van der Waals surface area contributed by atoms with Crippen molar-refractivity contribution < 1.29 is 17.9 Å². The SMILES string of the molecule is O=C(c1ccc(Br)cc1)N(CCS(=O)(=O)N1CCNCC1)C[C@H]1CCCO1. The van der Waals surface area contributed by atoms with E-state index in [9.17, 15) is 13.2 Å². The van der Waals surface area contributed by atoms with Gasteiger partial charge in [-0.3, -0.25) is 4.79 Å². The molecule has 3 rings (SSSR count). The second kappa shape index (κ2) is 9.47. The van der Waals surface area contributed by atoms with Crippen molar-refractivity contribution in [2.24, 2.45) is 0 Å². The van der Waals surface area contributed by atoms with Crippen LogP contribution in [0, 0.1) is 0 Å². The van der Waals surface area contributed by atoms with Gasteiger partial charge in [0.05, 0.1) is 11.9 Å². The van der Waals surface area contributed by atoms with Crippen LogP contribution < -0.4 is 5.32 Å². The van der Waals surface area contributed by atoms with Crippen molar-refractivity contribution in [1.82, 2.24) is 14.5 Å². The smallest absolute Gasteiger partial charge is 0.253 e. The van der Waals surface area contributed by atoms with Gasteiger partial charge in [-0.1, -0.05) is 15.9 Å². The van der Waals surface area contributed by atoms with E-state index < -0.39 is 10.0 Å². The first-order valence-electron chi connectivity index (χ1n) is 9.31. The highest BCUT2D eigenvalue weighted by atomic mass is 79.9. The second-order valence-corrected chi connectivity index (χ2v) is 9.86. The van der Waals surface area contributed by atoms with Crippen LogP contribution in [0.2, 0.25) is 0 Å². The molecule has 0 saturated carbocycles. The van der Waals surface area contributed by atoms with E-state index in [-0.39, 0.29) is 24.3 Å². The lowest BCUT2D eigenvalue weighted by Gasteiger charge is -2.29. The number of hydrogen-bond donors (Lipinski definition) is 1. The average Bonchev–Trinajstić information content (AvgIpc) is 3.19. The normalized spacial score (nSPS) is 21.3. The third-order valence-electron chi connectivity index (χ3n) is 4.91. The standard InChI is InChI=1S/C18H26BrN3O4S/c19-16-5-3-15(4-6-16)18(23)21(14-17-2-1-12-26-17)11-13-27(24,25)22-9-7-20-8-10-22/h3-6,17,20H,1-2,7-14H2/t17-/m1/s1. The van der Waals surface area contributed by atoms with E-state index in [0.29, 0.717) is 44.9 Å². The highest BCUT2D eigenvalue weighted by Gasteiger charge is 2.28. The third-order valence-corrected chi connectivity index (χ3v) is 7.29. The summed E-state index contributed by atoms with van der Waals surface area (Å²) in [5.41, 5.74) is 0.552. The molecule has 2 aliphatic heterocycles. The number of carbonyl (C=O) groups is 1. The topological polar surface area (TPSA) is 79.0 Å². The van der Waals surface area contributed by atoms with Gasteiger partial charge in [0.2, 0.25) is 10.0 Å². The quantitative estimate of drug-likeness (QED) is 0.664. The van der Waals surface area contributed by atoms with Crippen LogP contribution in [0.15, 0.2) is 28.7 Å². The summed E-state index contributed by atoms with van der Waals surface area (Å²) >= 11 is 3.37. The van der Waals surface area contributed by atoms with Gasteiger partial charge in [0.15, 0.2) is 0 Å². The van der Waals surface area contributed by atoms with E-state index in [0.717, 1.165) is 17.3 Å². The zero-order valence-electron chi connectivity index (χ0n) is 15.3. The Bertz CT molecular complexity index is 729. The van der Waals surface area contributed by atoms with Crippen molar-refractivity contribution in [3.63, 3.8) is 0 Å². The van der Waals surface area contributed by atoms with Crippen LogP contribution in [-0.2, 0) is 14.8 Å². The minimum atomic E-state index is -3.38. The van der Waals surface area contributed by atoms with Crippen molar-refractivity contribution in [2.45, 2.75) is 18.9 Å². The number of ether oxygens (including phenoxy) is 1. The van der Waals surface area contributed by atoms with Gasteiger partial charge >= 0.3 is 0 Å². The number of nitrogens with zero attached hydrogens (tertiary/aromatic N) is 2. The first kappa shape index (κ1) is 20.7. The van der Waals surface area contributed by atoms with Gasteiger partial charge in [-0.15, -0.1) is 0 Å². The monoisotopic (exact) mass is 459 g/mol. The fourth-order valence-corrected chi connectivity index (χ4v) is 5.07. The van der Waals surface area contributed by atoms with Crippen molar-refractivity contribution in [3.05, 3.63) is 34.3 Å². The van der Waals surface area contributed by atoms with Crippen molar-refractivity contribution in [3.8, 4) is 0 Å². The van der Waals surface area contributed by atoms with Gasteiger partial charge in [-0.05, 0) is 37.1 Å². The van der Waals surface area contributed by atoms with Crippen molar-refractivity contribution in [2.75, 3.05) is 51.6 Å². The zero-order chi connectivity index (χ0) is 19.3. The molecule has 1 amide bonds. The Balaban J connectivity index is 1.69. The van der Waals surface area contributed by atoms with E-state index in [1.807, 2.05) is 12.1 Å². The maximum absolute atomic E-state index is 13.0. The van der Waals surface area contributed by atoms with Crippen LogP contribution in [0.1, 0.15) is 23.2 Å². The van der Waals surface area contributed by atoms with Crippen LogP contribution >= 0.6 is 15.9 Å². The van der Waals surface area contributed by atoms with Crippen LogP contribution in [0.5, 0.6) is 0 Å². The Morgan fingerprint density at radius 3 is 2.59 bits per heavy atom. The van der Waals surface area contributed by atoms with Gasteiger partial charge in [0.1, 0.15) is 0 Å². The molecular weight excluding hydrogens is 434 g/mol. The van der Waals surface area contributed by atoms with E-state index in [2.05, 4.69) is 21.2 Å². The fraction of sp³-hybridized carbons (Fsp3) is 0.611. The molecule has 1 aromatic carbocycles. The molecule has 2 fully saturated rings. The summed E-state index contributed by atoms with van der Waals surface area (Å²) in [7, 11) is -3.38. The number of amides is 1.